The molecule has 5 rings (SSSR count). The number of ether oxygens (including phenoxy) is 1. The second kappa shape index (κ2) is 10.1. The van der Waals surface area contributed by atoms with Crippen molar-refractivity contribution < 1.29 is 36.3 Å². The third-order valence-electron chi connectivity index (χ3n) is 6.83. The summed E-state index contributed by atoms with van der Waals surface area (Å²) in [6, 6.07) is 2.48. The van der Waals surface area contributed by atoms with Gasteiger partial charge >= 0.3 is 6.18 Å². The van der Waals surface area contributed by atoms with Gasteiger partial charge < -0.3 is 25.3 Å². The molecule has 3 atom stereocenters. The Morgan fingerprint density at radius 3 is 2.58 bits per heavy atom. The van der Waals surface area contributed by atoms with E-state index in [0.717, 1.165) is 17.0 Å². The zero-order valence-corrected chi connectivity index (χ0v) is 21.8. The molecule has 2 aliphatic rings. The number of rotatable bonds is 7. The molecule has 2 amide bonds. The van der Waals surface area contributed by atoms with Crippen LogP contribution in [-0.2, 0) is 18.0 Å². The summed E-state index contributed by atoms with van der Waals surface area (Å²) < 4.78 is 75.0. The largest absolute Gasteiger partial charge is 0.435 e. The number of carbonyl (C=O) groups excluding carboxylic acids is 2. The topological polar surface area (TPSA) is 115 Å². The van der Waals surface area contributed by atoms with Crippen LogP contribution < -0.4 is 16.0 Å². The Morgan fingerprint density at radius 1 is 1.23 bits per heavy atom. The quantitative estimate of drug-likeness (QED) is 0.365. The Bertz CT molecular complexity index is 1470. The molecule has 0 bridgehead atoms. The monoisotopic (exact) mass is 587 g/mol. The molecule has 10 nitrogen and oxygen atoms in total. The number of anilines is 1. The lowest BCUT2D eigenvalue weighted by atomic mass is 10.1. The molecule has 3 aromatic rings. The number of nitrogens with zero attached hydrogens (tertiary/aromatic N) is 4. The SMILES string of the molecule is CO[C@@H]1CNC[C@H]1NC(=O)c1ccc(NC(=O)c2ncc(-c3cn(C4CC4(F)F)nc3C(F)(F)F)n2C)cc1Cl. The highest BCUT2D eigenvalue weighted by atomic mass is 35.5. The fraction of sp³-hybridized carbons (Fsp3) is 0.417. The Kier molecular flexibility index (Phi) is 7.08. The van der Waals surface area contributed by atoms with E-state index in [4.69, 9.17) is 16.3 Å². The van der Waals surface area contributed by atoms with E-state index in [1.807, 2.05) is 0 Å². The van der Waals surface area contributed by atoms with Crippen LogP contribution in [0.1, 0.15) is 39.1 Å². The summed E-state index contributed by atoms with van der Waals surface area (Å²) in [5.41, 5.74) is -1.63. The van der Waals surface area contributed by atoms with Crippen LogP contribution in [0.15, 0.2) is 30.6 Å². The second-order valence-electron chi connectivity index (χ2n) is 9.54. The van der Waals surface area contributed by atoms with Gasteiger partial charge in [0.2, 0.25) is 0 Å². The van der Waals surface area contributed by atoms with Crippen molar-refractivity contribution in [3.8, 4) is 11.3 Å². The Morgan fingerprint density at radius 2 is 1.95 bits per heavy atom. The predicted molar refractivity (Wildman–Crippen MR) is 132 cm³/mol. The van der Waals surface area contributed by atoms with E-state index in [2.05, 4.69) is 26.0 Å². The molecular weight excluding hydrogens is 565 g/mol. The summed E-state index contributed by atoms with van der Waals surface area (Å²) >= 11 is 6.29. The van der Waals surface area contributed by atoms with Crippen LogP contribution in [0.3, 0.4) is 0 Å². The number of alkyl halides is 5. The first kappa shape index (κ1) is 28.0. The number of carbonyl (C=O) groups is 2. The van der Waals surface area contributed by atoms with Gasteiger partial charge in [-0.1, -0.05) is 11.6 Å². The third-order valence-corrected chi connectivity index (χ3v) is 7.14. The Labute approximate surface area is 228 Å². The highest BCUT2D eigenvalue weighted by Crippen LogP contribution is 2.53. The Hall–Kier alpha value is -3.56. The average Bonchev–Trinajstić information content (AvgIpc) is 3.31. The lowest BCUT2D eigenvalue weighted by Gasteiger charge is -2.19. The third kappa shape index (κ3) is 5.28. The number of hydrogen-bond donors (Lipinski definition) is 3. The molecule has 214 valence electrons. The van der Waals surface area contributed by atoms with Gasteiger partial charge in [-0.3, -0.25) is 14.3 Å². The number of halogens is 6. The van der Waals surface area contributed by atoms with Crippen molar-refractivity contribution in [1.29, 1.82) is 0 Å². The van der Waals surface area contributed by atoms with Crippen molar-refractivity contribution in [2.75, 3.05) is 25.5 Å². The highest BCUT2D eigenvalue weighted by Gasteiger charge is 2.59. The number of hydrogen-bond acceptors (Lipinski definition) is 6. The number of amides is 2. The molecule has 1 aliphatic carbocycles. The van der Waals surface area contributed by atoms with Gasteiger partial charge in [-0.15, -0.1) is 0 Å². The first-order valence-corrected chi connectivity index (χ1v) is 12.4. The van der Waals surface area contributed by atoms with Crippen molar-refractivity contribution in [2.45, 2.75) is 36.7 Å². The molecule has 2 aromatic heterocycles. The van der Waals surface area contributed by atoms with Gasteiger partial charge in [-0.2, -0.15) is 18.3 Å². The minimum Gasteiger partial charge on any atom is -0.378 e. The van der Waals surface area contributed by atoms with E-state index in [0.29, 0.717) is 17.8 Å². The van der Waals surface area contributed by atoms with Gasteiger partial charge in [0.25, 0.3) is 17.7 Å². The Balaban J connectivity index is 1.33. The fourth-order valence-electron chi connectivity index (χ4n) is 4.56. The van der Waals surface area contributed by atoms with Crippen LogP contribution in [0.25, 0.3) is 11.3 Å². The van der Waals surface area contributed by atoms with Gasteiger partial charge in [0, 0.05) is 45.6 Å². The maximum absolute atomic E-state index is 13.7. The van der Waals surface area contributed by atoms with Crippen molar-refractivity contribution in [3.63, 3.8) is 0 Å². The molecule has 0 spiro atoms. The van der Waals surface area contributed by atoms with E-state index < -0.39 is 47.6 Å². The number of aromatic nitrogens is 4. The predicted octanol–water partition coefficient (Wildman–Crippen LogP) is 3.50. The van der Waals surface area contributed by atoms with E-state index >= 15 is 0 Å². The summed E-state index contributed by atoms with van der Waals surface area (Å²) in [7, 11) is 2.86. The van der Waals surface area contributed by atoms with Crippen LogP contribution >= 0.6 is 11.6 Å². The van der Waals surface area contributed by atoms with E-state index in [-0.39, 0.29) is 39.9 Å². The van der Waals surface area contributed by atoms with E-state index in [1.165, 1.54) is 25.2 Å². The van der Waals surface area contributed by atoms with Crippen LogP contribution in [0.2, 0.25) is 5.02 Å². The molecule has 1 aromatic carbocycles. The van der Waals surface area contributed by atoms with Gasteiger partial charge in [0.05, 0.1) is 40.2 Å². The molecule has 1 aliphatic heterocycles. The summed E-state index contributed by atoms with van der Waals surface area (Å²) in [4.78, 5) is 29.5. The maximum atomic E-state index is 13.7. The number of methoxy groups -OCH3 is 1. The van der Waals surface area contributed by atoms with Crippen LogP contribution in [0.5, 0.6) is 0 Å². The zero-order chi connectivity index (χ0) is 29.0. The van der Waals surface area contributed by atoms with Gasteiger partial charge in [-0.05, 0) is 18.2 Å². The fourth-order valence-corrected chi connectivity index (χ4v) is 4.83. The normalized spacial score (nSPS) is 21.9. The summed E-state index contributed by atoms with van der Waals surface area (Å²) in [6.07, 6.45) is -3.82. The number of nitrogens with one attached hydrogen (secondary N) is 3. The molecule has 1 saturated heterocycles. The summed E-state index contributed by atoms with van der Waals surface area (Å²) in [5, 5.41) is 11.9. The van der Waals surface area contributed by atoms with Crippen LogP contribution in [-0.4, -0.2) is 69.4 Å². The van der Waals surface area contributed by atoms with Crippen molar-refractivity contribution in [1.82, 2.24) is 30.0 Å². The van der Waals surface area contributed by atoms with Crippen LogP contribution in [0.4, 0.5) is 27.6 Å². The number of benzene rings is 1. The molecular formula is C24H23ClF5N7O3. The first-order chi connectivity index (χ1) is 18.8. The van der Waals surface area contributed by atoms with Crippen molar-refractivity contribution in [2.24, 2.45) is 7.05 Å². The van der Waals surface area contributed by atoms with Gasteiger partial charge in [0.15, 0.2) is 11.5 Å². The second-order valence-corrected chi connectivity index (χ2v) is 9.94. The minimum absolute atomic E-state index is 0.0508. The smallest absolute Gasteiger partial charge is 0.378 e. The molecule has 3 heterocycles. The maximum Gasteiger partial charge on any atom is 0.435 e. The first-order valence-electron chi connectivity index (χ1n) is 12.0. The molecule has 40 heavy (non-hydrogen) atoms. The van der Waals surface area contributed by atoms with Gasteiger partial charge in [-0.25, -0.2) is 13.8 Å². The zero-order valence-electron chi connectivity index (χ0n) is 21.0. The molecule has 2 fully saturated rings. The molecule has 1 saturated carbocycles. The van der Waals surface area contributed by atoms with Crippen molar-refractivity contribution in [3.05, 3.63) is 52.7 Å². The van der Waals surface area contributed by atoms with Gasteiger partial charge in [0.1, 0.15) is 6.04 Å². The summed E-state index contributed by atoms with van der Waals surface area (Å²) in [5.74, 6) is -4.61. The molecule has 3 N–H and O–H groups in total. The van der Waals surface area contributed by atoms with Crippen molar-refractivity contribution >= 4 is 29.1 Å². The molecule has 0 radical (unpaired) electrons. The average molecular weight is 588 g/mol. The highest BCUT2D eigenvalue weighted by molar-refractivity contribution is 6.34. The lowest BCUT2D eigenvalue weighted by molar-refractivity contribution is -0.141. The summed E-state index contributed by atoms with van der Waals surface area (Å²) in [6.45, 7) is 1.12. The van der Waals surface area contributed by atoms with E-state index in [9.17, 15) is 31.5 Å². The van der Waals surface area contributed by atoms with Crippen LogP contribution in [0, 0.1) is 0 Å². The standard InChI is InChI=1S/C24H23ClF5N7O3/c1-36-16(13-10-37(18-6-23(18,26)27)35-19(13)24(28,29)30)8-32-20(36)22(39)33-11-3-4-12(14(25)5-11)21(38)34-15-7-31-9-17(15)40-2/h3-5,8,10,15,17-18,31H,6-7,9H2,1-2H3,(H,33,39)(H,34,38)/t15-,17-,18?/m1/s1. The molecule has 16 heteroatoms. The lowest BCUT2D eigenvalue weighted by Crippen LogP contribution is -2.43. The number of imidazole rings is 1. The minimum atomic E-state index is -4.93. The molecule has 1 unspecified atom stereocenters. The van der Waals surface area contributed by atoms with E-state index in [1.54, 1.807) is 7.11 Å².